The van der Waals surface area contributed by atoms with Crippen LogP contribution in [0, 0.1) is 5.92 Å². The first kappa shape index (κ1) is 17.8. The molecule has 1 aliphatic heterocycles. The van der Waals surface area contributed by atoms with Gasteiger partial charge in [-0.25, -0.2) is 0 Å². The van der Waals surface area contributed by atoms with E-state index in [9.17, 15) is 9.59 Å². The molecule has 1 heterocycles. The van der Waals surface area contributed by atoms with E-state index in [1.807, 2.05) is 0 Å². The van der Waals surface area contributed by atoms with Crippen LogP contribution in [0.1, 0.15) is 49.4 Å². The van der Waals surface area contributed by atoms with Gasteiger partial charge in [0.1, 0.15) is 0 Å². The van der Waals surface area contributed by atoms with Gasteiger partial charge in [0.25, 0.3) is 5.91 Å². The van der Waals surface area contributed by atoms with Gasteiger partial charge in [0.05, 0.1) is 23.1 Å². The highest BCUT2D eigenvalue weighted by atomic mass is 35.5. The van der Waals surface area contributed by atoms with Crippen molar-refractivity contribution in [1.29, 1.82) is 0 Å². The van der Waals surface area contributed by atoms with Crippen LogP contribution >= 0.6 is 11.6 Å². The normalized spacial score (nSPS) is 15.5. The molecule has 0 spiro atoms. The van der Waals surface area contributed by atoms with Gasteiger partial charge in [-0.3, -0.25) is 9.59 Å². The molecule has 0 aliphatic carbocycles. The highest BCUT2D eigenvalue weighted by molar-refractivity contribution is 6.33. The van der Waals surface area contributed by atoms with Gasteiger partial charge in [0, 0.05) is 13.1 Å². The number of esters is 1. The van der Waals surface area contributed by atoms with Crippen LogP contribution < -0.4 is 0 Å². The van der Waals surface area contributed by atoms with E-state index in [1.165, 1.54) is 0 Å². The molecule has 0 unspecified atom stereocenters. The van der Waals surface area contributed by atoms with Crippen molar-refractivity contribution in [2.24, 2.45) is 5.92 Å². The van der Waals surface area contributed by atoms with Crippen molar-refractivity contribution >= 4 is 23.5 Å². The average molecular weight is 338 g/mol. The third-order valence-electron chi connectivity index (χ3n) is 4.21. The number of nitrogens with zero attached hydrogens (tertiary/aromatic N) is 1. The third-order valence-corrected chi connectivity index (χ3v) is 4.54. The Kier molecular flexibility index (Phi) is 6.90. The Bertz CT molecular complexity index is 539. The molecule has 0 radical (unpaired) electrons. The van der Waals surface area contributed by atoms with E-state index in [1.54, 1.807) is 29.2 Å². The minimum Gasteiger partial charge on any atom is -0.465 e. The summed E-state index contributed by atoms with van der Waals surface area (Å²) in [6.45, 7) is 3.76. The summed E-state index contributed by atoms with van der Waals surface area (Å²) < 4.78 is 5.32. The number of halogens is 1. The van der Waals surface area contributed by atoms with Crippen LogP contribution in [0.25, 0.3) is 0 Å². The fourth-order valence-electron chi connectivity index (χ4n) is 2.77. The van der Waals surface area contributed by atoms with E-state index in [0.717, 1.165) is 19.3 Å². The lowest BCUT2D eigenvalue weighted by atomic mass is 9.96. The zero-order valence-corrected chi connectivity index (χ0v) is 14.3. The molecule has 23 heavy (non-hydrogen) atoms. The fourth-order valence-corrected chi connectivity index (χ4v) is 2.98. The van der Waals surface area contributed by atoms with Crippen LogP contribution in [0.5, 0.6) is 0 Å². The number of rotatable bonds is 6. The summed E-state index contributed by atoms with van der Waals surface area (Å²) in [7, 11) is 0. The predicted octanol–water partition coefficient (Wildman–Crippen LogP) is 3.93. The molecule has 1 aromatic carbocycles. The van der Waals surface area contributed by atoms with E-state index < -0.39 is 0 Å². The number of ether oxygens (including phenoxy) is 1. The minimum absolute atomic E-state index is 0.0645. The van der Waals surface area contributed by atoms with Crippen LogP contribution in [0.15, 0.2) is 24.3 Å². The maximum absolute atomic E-state index is 12.5. The summed E-state index contributed by atoms with van der Waals surface area (Å²) in [5.41, 5.74) is 0.523. The Hall–Kier alpha value is -1.55. The van der Waals surface area contributed by atoms with Gasteiger partial charge in [-0.2, -0.15) is 0 Å². The van der Waals surface area contributed by atoms with Gasteiger partial charge in [0.15, 0.2) is 0 Å². The average Bonchev–Trinajstić information content (AvgIpc) is 2.58. The number of amides is 1. The maximum atomic E-state index is 12.5. The van der Waals surface area contributed by atoms with Crippen LogP contribution in [0.3, 0.4) is 0 Å². The molecule has 1 saturated heterocycles. The fraction of sp³-hybridized carbons (Fsp3) is 0.556. The number of carbonyl (C=O) groups is 2. The summed E-state index contributed by atoms with van der Waals surface area (Å²) in [5.74, 6) is -0.275. The van der Waals surface area contributed by atoms with Gasteiger partial charge >= 0.3 is 5.97 Å². The van der Waals surface area contributed by atoms with E-state index >= 15 is 0 Å². The number of unbranched alkanes of at least 4 members (excludes halogenated alkanes) is 2. The summed E-state index contributed by atoms with van der Waals surface area (Å²) in [6.07, 6.45) is 4.43. The van der Waals surface area contributed by atoms with Crippen LogP contribution in [0.2, 0.25) is 5.02 Å². The van der Waals surface area contributed by atoms with Crippen molar-refractivity contribution in [3.63, 3.8) is 0 Å². The first-order chi connectivity index (χ1) is 11.1. The number of hydrogen-bond acceptors (Lipinski definition) is 3. The first-order valence-corrected chi connectivity index (χ1v) is 8.71. The maximum Gasteiger partial charge on any atom is 0.309 e. The lowest BCUT2D eigenvalue weighted by Gasteiger charge is -2.31. The lowest BCUT2D eigenvalue weighted by Crippen LogP contribution is -2.40. The second kappa shape index (κ2) is 8.92. The number of hydrogen-bond donors (Lipinski definition) is 0. The third kappa shape index (κ3) is 4.96. The molecule has 1 fully saturated rings. The topological polar surface area (TPSA) is 46.6 Å². The Labute approximate surface area is 142 Å². The minimum atomic E-state index is -0.119. The van der Waals surface area contributed by atoms with Gasteiger partial charge in [-0.05, 0) is 31.4 Å². The molecule has 0 atom stereocenters. The standard InChI is InChI=1S/C18H24ClNO3/c1-2-3-6-13-23-18(22)14-9-11-20(12-10-14)17(21)15-7-4-5-8-16(15)19/h4-5,7-8,14H,2-3,6,9-13H2,1H3. The molecule has 0 aromatic heterocycles. The Morgan fingerprint density at radius 3 is 2.57 bits per heavy atom. The molecular formula is C18H24ClNO3. The van der Waals surface area contributed by atoms with Crippen molar-refractivity contribution in [2.45, 2.75) is 39.0 Å². The zero-order valence-electron chi connectivity index (χ0n) is 13.6. The number of piperidine rings is 1. The SMILES string of the molecule is CCCCCOC(=O)C1CCN(C(=O)c2ccccc2Cl)CC1. The molecule has 0 saturated carbocycles. The zero-order chi connectivity index (χ0) is 16.7. The van der Waals surface area contributed by atoms with Crippen molar-refractivity contribution in [3.05, 3.63) is 34.9 Å². The molecule has 2 rings (SSSR count). The Morgan fingerprint density at radius 1 is 1.22 bits per heavy atom. The van der Waals surface area contributed by atoms with Gasteiger partial charge < -0.3 is 9.64 Å². The molecule has 1 amide bonds. The molecule has 126 valence electrons. The molecule has 0 N–H and O–H groups in total. The summed E-state index contributed by atoms with van der Waals surface area (Å²) in [6, 6.07) is 7.06. The molecule has 4 nitrogen and oxygen atoms in total. The highest BCUT2D eigenvalue weighted by Gasteiger charge is 2.29. The van der Waals surface area contributed by atoms with E-state index in [0.29, 0.717) is 43.1 Å². The largest absolute Gasteiger partial charge is 0.465 e. The van der Waals surface area contributed by atoms with Crippen molar-refractivity contribution in [3.8, 4) is 0 Å². The van der Waals surface area contributed by atoms with E-state index in [-0.39, 0.29) is 17.8 Å². The Morgan fingerprint density at radius 2 is 1.91 bits per heavy atom. The van der Waals surface area contributed by atoms with Crippen molar-refractivity contribution < 1.29 is 14.3 Å². The van der Waals surface area contributed by atoms with Gasteiger partial charge in [-0.15, -0.1) is 0 Å². The first-order valence-electron chi connectivity index (χ1n) is 8.34. The summed E-state index contributed by atoms with van der Waals surface area (Å²) >= 11 is 6.08. The van der Waals surface area contributed by atoms with Crippen molar-refractivity contribution in [1.82, 2.24) is 4.90 Å². The highest BCUT2D eigenvalue weighted by Crippen LogP contribution is 2.23. The van der Waals surface area contributed by atoms with Gasteiger partial charge in [0.2, 0.25) is 0 Å². The van der Waals surface area contributed by atoms with E-state index in [4.69, 9.17) is 16.3 Å². The van der Waals surface area contributed by atoms with Crippen molar-refractivity contribution in [2.75, 3.05) is 19.7 Å². The monoisotopic (exact) mass is 337 g/mol. The predicted molar refractivity (Wildman–Crippen MR) is 90.6 cm³/mol. The summed E-state index contributed by atoms with van der Waals surface area (Å²) in [5, 5.41) is 0.468. The van der Waals surface area contributed by atoms with E-state index in [2.05, 4.69) is 6.92 Å². The quantitative estimate of drug-likeness (QED) is 0.583. The molecule has 0 bridgehead atoms. The lowest BCUT2D eigenvalue weighted by molar-refractivity contribution is -0.150. The van der Waals surface area contributed by atoms with Gasteiger partial charge in [-0.1, -0.05) is 43.5 Å². The second-order valence-corrected chi connectivity index (χ2v) is 6.33. The van der Waals surface area contributed by atoms with Crippen LogP contribution in [0.4, 0.5) is 0 Å². The second-order valence-electron chi connectivity index (χ2n) is 5.92. The molecule has 1 aromatic rings. The smallest absolute Gasteiger partial charge is 0.309 e. The number of likely N-dealkylation sites (tertiary alicyclic amines) is 1. The molecule has 1 aliphatic rings. The molecule has 5 heteroatoms. The Balaban J connectivity index is 1.80. The molecular weight excluding hydrogens is 314 g/mol. The van der Waals surface area contributed by atoms with Crippen LogP contribution in [-0.4, -0.2) is 36.5 Å². The summed E-state index contributed by atoms with van der Waals surface area (Å²) in [4.78, 5) is 26.2. The number of carbonyl (C=O) groups excluding carboxylic acids is 2. The number of benzene rings is 1. The van der Waals surface area contributed by atoms with Crippen LogP contribution in [-0.2, 0) is 9.53 Å².